The maximum atomic E-state index is 13.8. The Morgan fingerprint density at radius 1 is 1.28 bits per heavy atom. The summed E-state index contributed by atoms with van der Waals surface area (Å²) >= 11 is 0. The van der Waals surface area contributed by atoms with Crippen molar-refractivity contribution >= 4 is 0 Å². The van der Waals surface area contributed by atoms with Crippen molar-refractivity contribution in [2.24, 2.45) is 5.84 Å². The highest BCUT2D eigenvalue weighted by Crippen LogP contribution is 2.23. The topological polar surface area (TPSA) is 47.3 Å². The van der Waals surface area contributed by atoms with Gasteiger partial charge in [0.05, 0.1) is 18.2 Å². The fourth-order valence-corrected chi connectivity index (χ4v) is 1.49. The highest BCUT2D eigenvalue weighted by Gasteiger charge is 2.21. The zero-order valence-corrected chi connectivity index (χ0v) is 11.2. The molecule has 0 heterocycles. The van der Waals surface area contributed by atoms with E-state index in [0.29, 0.717) is 0 Å². The van der Waals surface area contributed by atoms with Crippen LogP contribution in [0.4, 0.5) is 8.78 Å². The van der Waals surface area contributed by atoms with Gasteiger partial charge in [-0.1, -0.05) is 12.1 Å². The van der Waals surface area contributed by atoms with Gasteiger partial charge in [-0.2, -0.15) is 0 Å². The summed E-state index contributed by atoms with van der Waals surface area (Å²) in [6, 6.07) is 2.46. The maximum Gasteiger partial charge on any atom is 0.164 e. The van der Waals surface area contributed by atoms with Crippen LogP contribution < -0.4 is 11.3 Å². The molecule has 1 aromatic carbocycles. The first-order valence-corrected chi connectivity index (χ1v) is 5.81. The molecule has 0 bridgehead atoms. The van der Waals surface area contributed by atoms with Crippen molar-refractivity contribution < 1.29 is 13.5 Å². The number of hydrazine groups is 1. The molecular weight excluding hydrogens is 238 g/mol. The summed E-state index contributed by atoms with van der Waals surface area (Å²) in [5, 5.41) is 0. The Bertz CT molecular complexity index is 416. The van der Waals surface area contributed by atoms with E-state index < -0.39 is 17.7 Å². The second-order valence-electron chi connectivity index (χ2n) is 5.24. The number of rotatable bonds is 4. The Labute approximate surface area is 106 Å². The third kappa shape index (κ3) is 3.73. The smallest absolute Gasteiger partial charge is 0.164 e. The first-order valence-electron chi connectivity index (χ1n) is 5.81. The number of ether oxygens (including phenoxy) is 1. The van der Waals surface area contributed by atoms with E-state index in [4.69, 9.17) is 10.6 Å². The van der Waals surface area contributed by atoms with Crippen molar-refractivity contribution in [3.63, 3.8) is 0 Å². The summed E-state index contributed by atoms with van der Waals surface area (Å²) in [7, 11) is 0. The minimum Gasteiger partial charge on any atom is -0.374 e. The monoisotopic (exact) mass is 258 g/mol. The number of nitrogens with two attached hydrogens (primary N) is 1. The largest absolute Gasteiger partial charge is 0.374 e. The van der Waals surface area contributed by atoms with Gasteiger partial charge in [-0.15, -0.1) is 0 Å². The quantitative estimate of drug-likeness (QED) is 0.644. The number of hydrogen-bond acceptors (Lipinski definition) is 3. The Kier molecular flexibility index (Phi) is 4.78. The number of benzene rings is 1. The summed E-state index contributed by atoms with van der Waals surface area (Å²) in [6.45, 7) is 7.32. The van der Waals surface area contributed by atoms with Crippen molar-refractivity contribution in [1.29, 1.82) is 0 Å². The van der Waals surface area contributed by atoms with Gasteiger partial charge in [0.15, 0.2) is 11.6 Å². The van der Waals surface area contributed by atoms with Crippen LogP contribution in [0, 0.1) is 18.6 Å². The summed E-state index contributed by atoms with van der Waals surface area (Å²) in [5.74, 6) is 3.65. The van der Waals surface area contributed by atoms with Gasteiger partial charge in [0.2, 0.25) is 0 Å². The Hall–Kier alpha value is -1.04. The zero-order chi connectivity index (χ0) is 13.9. The molecule has 0 saturated carbocycles. The predicted octanol–water partition coefficient (Wildman–Crippen LogP) is 2.59. The second-order valence-corrected chi connectivity index (χ2v) is 5.24. The Balaban J connectivity index is 2.92. The molecule has 0 radical (unpaired) electrons. The molecule has 1 aromatic rings. The van der Waals surface area contributed by atoms with Crippen LogP contribution in [0.15, 0.2) is 12.1 Å². The van der Waals surface area contributed by atoms with Gasteiger partial charge in [0, 0.05) is 5.56 Å². The molecule has 1 atom stereocenters. The van der Waals surface area contributed by atoms with Crippen molar-refractivity contribution in [3.8, 4) is 0 Å². The van der Waals surface area contributed by atoms with Gasteiger partial charge in [0.1, 0.15) is 0 Å². The molecule has 0 aliphatic heterocycles. The van der Waals surface area contributed by atoms with Crippen LogP contribution in [0.5, 0.6) is 0 Å². The van der Waals surface area contributed by atoms with E-state index in [1.165, 1.54) is 19.1 Å². The molecule has 1 unspecified atom stereocenters. The van der Waals surface area contributed by atoms with E-state index in [9.17, 15) is 8.78 Å². The molecule has 0 aliphatic rings. The van der Waals surface area contributed by atoms with E-state index in [2.05, 4.69) is 5.43 Å². The normalized spacial score (nSPS) is 13.7. The van der Waals surface area contributed by atoms with Gasteiger partial charge in [-0.3, -0.25) is 11.3 Å². The number of hydrogen-bond donors (Lipinski definition) is 2. The highest BCUT2D eigenvalue weighted by molar-refractivity contribution is 5.27. The van der Waals surface area contributed by atoms with Crippen molar-refractivity contribution in [3.05, 3.63) is 34.9 Å². The number of halogens is 2. The molecule has 18 heavy (non-hydrogen) atoms. The third-order valence-electron chi connectivity index (χ3n) is 2.56. The minimum atomic E-state index is -0.879. The molecular formula is C13H20F2N2O. The molecule has 102 valence electrons. The number of nitrogens with one attached hydrogen (secondary N) is 1. The Morgan fingerprint density at radius 3 is 2.39 bits per heavy atom. The van der Waals surface area contributed by atoms with Gasteiger partial charge >= 0.3 is 0 Å². The van der Waals surface area contributed by atoms with Crippen LogP contribution in [0.2, 0.25) is 0 Å². The first-order chi connectivity index (χ1) is 8.26. The molecule has 5 heteroatoms. The van der Waals surface area contributed by atoms with Crippen LogP contribution in [0.1, 0.15) is 37.9 Å². The first kappa shape index (κ1) is 15.0. The van der Waals surface area contributed by atoms with Crippen LogP contribution in [0.3, 0.4) is 0 Å². The molecule has 0 aromatic heterocycles. The van der Waals surface area contributed by atoms with Gasteiger partial charge in [0.25, 0.3) is 0 Å². The average Bonchev–Trinajstić information content (AvgIpc) is 2.28. The molecule has 0 fully saturated rings. The Morgan fingerprint density at radius 2 is 1.89 bits per heavy atom. The van der Waals surface area contributed by atoms with Crippen LogP contribution in [-0.4, -0.2) is 12.2 Å². The molecule has 3 nitrogen and oxygen atoms in total. The summed E-state index contributed by atoms with van der Waals surface area (Å²) in [6.07, 6.45) is 0. The molecule has 0 spiro atoms. The van der Waals surface area contributed by atoms with Crippen LogP contribution in [-0.2, 0) is 4.74 Å². The lowest BCUT2D eigenvalue weighted by molar-refractivity contribution is -0.0152. The summed E-state index contributed by atoms with van der Waals surface area (Å²) < 4.78 is 32.8. The third-order valence-corrected chi connectivity index (χ3v) is 2.56. The summed E-state index contributed by atoms with van der Waals surface area (Å²) in [4.78, 5) is 0. The van der Waals surface area contributed by atoms with E-state index in [1.54, 1.807) is 0 Å². The molecule has 0 saturated heterocycles. The SMILES string of the molecule is Cc1ccc(C(COC(C)(C)C)NN)c(F)c1F. The van der Waals surface area contributed by atoms with Crippen LogP contribution >= 0.6 is 0 Å². The maximum absolute atomic E-state index is 13.8. The molecule has 1 rings (SSSR count). The van der Waals surface area contributed by atoms with E-state index in [1.807, 2.05) is 20.8 Å². The van der Waals surface area contributed by atoms with E-state index in [0.717, 1.165) is 0 Å². The lowest BCUT2D eigenvalue weighted by Crippen LogP contribution is -2.35. The fraction of sp³-hybridized carbons (Fsp3) is 0.538. The minimum absolute atomic E-state index is 0.166. The van der Waals surface area contributed by atoms with Gasteiger partial charge in [-0.25, -0.2) is 8.78 Å². The van der Waals surface area contributed by atoms with Crippen molar-refractivity contribution in [1.82, 2.24) is 5.43 Å². The van der Waals surface area contributed by atoms with Crippen molar-refractivity contribution in [2.45, 2.75) is 39.3 Å². The number of aryl methyl sites for hydroxylation is 1. The highest BCUT2D eigenvalue weighted by atomic mass is 19.2. The summed E-state index contributed by atoms with van der Waals surface area (Å²) in [5.41, 5.74) is 2.52. The van der Waals surface area contributed by atoms with E-state index in [-0.39, 0.29) is 23.3 Å². The fourth-order valence-electron chi connectivity index (χ4n) is 1.49. The van der Waals surface area contributed by atoms with Gasteiger partial charge in [-0.05, 0) is 33.3 Å². The molecule has 0 aliphatic carbocycles. The zero-order valence-electron chi connectivity index (χ0n) is 11.2. The standard InChI is InChI=1S/C13H20F2N2O/c1-8-5-6-9(12(15)11(8)14)10(17-16)7-18-13(2,3)4/h5-6,10,17H,7,16H2,1-4H3. The molecule has 0 amide bonds. The lowest BCUT2D eigenvalue weighted by atomic mass is 10.0. The predicted molar refractivity (Wildman–Crippen MR) is 66.9 cm³/mol. The molecule has 3 N–H and O–H groups in total. The second kappa shape index (κ2) is 5.73. The van der Waals surface area contributed by atoms with E-state index >= 15 is 0 Å². The average molecular weight is 258 g/mol. The lowest BCUT2D eigenvalue weighted by Gasteiger charge is -2.24. The van der Waals surface area contributed by atoms with Crippen LogP contribution in [0.25, 0.3) is 0 Å². The van der Waals surface area contributed by atoms with Crippen molar-refractivity contribution in [2.75, 3.05) is 6.61 Å². The van der Waals surface area contributed by atoms with Gasteiger partial charge < -0.3 is 4.74 Å².